The molecule has 0 aromatic heterocycles. The fourth-order valence-electron chi connectivity index (χ4n) is 1.36. The van der Waals surface area contributed by atoms with Crippen LogP contribution in [-0.2, 0) is 9.53 Å². The number of nitrogens with zero attached hydrogens (tertiary/aromatic N) is 1. The topological polar surface area (TPSA) is 62.1 Å². The molecule has 0 fully saturated rings. The van der Waals surface area contributed by atoms with Crippen molar-refractivity contribution in [2.24, 2.45) is 0 Å². The van der Waals surface area contributed by atoms with Crippen LogP contribution in [-0.4, -0.2) is 19.3 Å². The first-order valence-corrected chi connectivity index (χ1v) is 6.45. The highest BCUT2D eigenvalue weighted by Crippen LogP contribution is 2.21. The zero-order chi connectivity index (χ0) is 13.5. The number of ether oxygens (including phenoxy) is 1. The van der Waals surface area contributed by atoms with Gasteiger partial charge in [-0.25, -0.2) is 4.79 Å². The maximum Gasteiger partial charge on any atom is 0.351 e. The van der Waals surface area contributed by atoms with Crippen LogP contribution in [0.4, 0.5) is 5.69 Å². The van der Waals surface area contributed by atoms with Crippen molar-refractivity contribution in [1.82, 2.24) is 0 Å². The third-order valence-electron chi connectivity index (χ3n) is 2.21. The molecule has 0 amide bonds. The molecule has 1 N–H and O–H groups in total. The first-order valence-electron chi connectivity index (χ1n) is 5.22. The van der Waals surface area contributed by atoms with Crippen LogP contribution in [0.25, 0.3) is 0 Å². The molecule has 1 rings (SSSR count). The normalized spacial score (nSPS) is 11.2. The second-order valence-corrected chi connectivity index (χ2v) is 4.32. The highest BCUT2D eigenvalue weighted by Gasteiger charge is 2.15. The summed E-state index contributed by atoms with van der Waals surface area (Å²) >= 11 is 1.29. The minimum Gasteiger partial charge on any atom is -0.465 e. The maximum atomic E-state index is 11.4. The molecule has 0 spiro atoms. The largest absolute Gasteiger partial charge is 0.465 e. The van der Waals surface area contributed by atoms with E-state index in [0.717, 1.165) is 11.3 Å². The Kier molecular flexibility index (Phi) is 5.28. The van der Waals surface area contributed by atoms with Crippen molar-refractivity contribution in [3.05, 3.63) is 40.4 Å². The van der Waals surface area contributed by atoms with E-state index in [2.05, 4.69) is 10.1 Å². The Labute approximate surface area is 111 Å². The molecule has 0 aliphatic carbocycles. The minimum absolute atomic E-state index is 0.0218. The number of thioether (sulfide) groups is 1. The summed E-state index contributed by atoms with van der Waals surface area (Å²) in [5, 5.41) is 12.5. The number of rotatable bonds is 4. The van der Waals surface area contributed by atoms with E-state index < -0.39 is 5.97 Å². The van der Waals surface area contributed by atoms with Crippen LogP contribution >= 0.6 is 11.8 Å². The molecule has 0 saturated heterocycles. The van der Waals surface area contributed by atoms with Crippen LogP contribution < -0.4 is 5.32 Å². The fraction of sp³-hybridized carbons (Fsp3) is 0.231. The molecule has 0 saturated carbocycles. The summed E-state index contributed by atoms with van der Waals surface area (Å²) in [6.45, 7) is 1.97. The summed E-state index contributed by atoms with van der Waals surface area (Å²) < 4.78 is 4.57. The van der Waals surface area contributed by atoms with Crippen molar-refractivity contribution in [1.29, 1.82) is 5.26 Å². The van der Waals surface area contributed by atoms with E-state index in [9.17, 15) is 4.79 Å². The highest BCUT2D eigenvalue weighted by atomic mass is 32.2. The average Bonchev–Trinajstić information content (AvgIpc) is 2.38. The van der Waals surface area contributed by atoms with E-state index >= 15 is 0 Å². The Morgan fingerprint density at radius 1 is 1.50 bits per heavy atom. The Hall–Kier alpha value is -1.93. The third-order valence-corrected chi connectivity index (χ3v) is 2.92. The van der Waals surface area contributed by atoms with Crippen LogP contribution in [0.1, 0.15) is 5.56 Å². The second-order valence-electron chi connectivity index (χ2n) is 3.51. The zero-order valence-electron chi connectivity index (χ0n) is 10.5. The molecule has 0 atom stereocenters. The van der Waals surface area contributed by atoms with E-state index in [0.29, 0.717) is 5.03 Å². The SMILES string of the molecule is COC(=O)/C(C#N)=C(/Nc1cccc(C)c1)SC. The predicted octanol–water partition coefficient (Wildman–Crippen LogP) is 2.68. The number of carbonyl (C=O) groups excluding carboxylic acids is 1. The Balaban J connectivity index is 3.07. The number of aryl methyl sites for hydroxylation is 1. The number of benzene rings is 1. The van der Waals surface area contributed by atoms with Crippen LogP contribution in [0.2, 0.25) is 0 Å². The molecule has 94 valence electrons. The lowest BCUT2D eigenvalue weighted by molar-refractivity contribution is -0.135. The number of nitrogens with one attached hydrogen (secondary N) is 1. The van der Waals surface area contributed by atoms with E-state index in [1.54, 1.807) is 6.26 Å². The summed E-state index contributed by atoms with van der Waals surface area (Å²) in [5.74, 6) is -0.637. The first kappa shape index (κ1) is 14.1. The van der Waals surface area contributed by atoms with E-state index in [4.69, 9.17) is 5.26 Å². The first-order chi connectivity index (χ1) is 8.62. The van der Waals surface area contributed by atoms with Gasteiger partial charge in [0.2, 0.25) is 0 Å². The molecule has 0 radical (unpaired) electrons. The number of nitriles is 1. The quantitative estimate of drug-likeness (QED) is 0.513. The van der Waals surface area contributed by atoms with Gasteiger partial charge in [0.25, 0.3) is 0 Å². The summed E-state index contributed by atoms with van der Waals surface area (Å²) in [5.41, 5.74) is 1.90. The Morgan fingerprint density at radius 3 is 2.72 bits per heavy atom. The van der Waals surface area contributed by atoms with Crippen molar-refractivity contribution in [2.45, 2.75) is 6.92 Å². The molecule has 1 aromatic carbocycles. The van der Waals surface area contributed by atoms with Crippen molar-refractivity contribution in [3.63, 3.8) is 0 Å². The van der Waals surface area contributed by atoms with Crippen molar-refractivity contribution in [2.75, 3.05) is 18.7 Å². The van der Waals surface area contributed by atoms with Gasteiger partial charge in [-0.05, 0) is 30.9 Å². The van der Waals surface area contributed by atoms with Gasteiger partial charge in [-0.3, -0.25) is 0 Å². The van der Waals surface area contributed by atoms with E-state index in [-0.39, 0.29) is 5.57 Å². The van der Waals surface area contributed by atoms with Gasteiger partial charge < -0.3 is 10.1 Å². The molecular formula is C13H14N2O2S. The van der Waals surface area contributed by atoms with Gasteiger partial charge >= 0.3 is 5.97 Å². The summed E-state index contributed by atoms with van der Waals surface area (Å²) in [4.78, 5) is 11.4. The number of carbonyl (C=O) groups is 1. The van der Waals surface area contributed by atoms with Gasteiger partial charge in [-0.15, -0.1) is 11.8 Å². The monoisotopic (exact) mass is 262 g/mol. The number of methoxy groups -OCH3 is 1. The van der Waals surface area contributed by atoms with Gasteiger partial charge in [0.05, 0.1) is 12.1 Å². The van der Waals surface area contributed by atoms with Gasteiger partial charge in [0.15, 0.2) is 5.57 Å². The third kappa shape index (κ3) is 3.54. The van der Waals surface area contributed by atoms with Crippen molar-refractivity contribution < 1.29 is 9.53 Å². The van der Waals surface area contributed by atoms with Crippen LogP contribution in [0.5, 0.6) is 0 Å². The number of anilines is 1. The molecule has 0 bridgehead atoms. The summed E-state index contributed by atoms with van der Waals surface area (Å²) in [7, 11) is 1.25. The lowest BCUT2D eigenvalue weighted by atomic mass is 10.2. The average molecular weight is 262 g/mol. The lowest BCUT2D eigenvalue weighted by Gasteiger charge is -2.10. The molecule has 0 aliphatic heterocycles. The smallest absolute Gasteiger partial charge is 0.351 e. The van der Waals surface area contributed by atoms with Crippen molar-refractivity contribution >= 4 is 23.4 Å². The number of hydrogen-bond donors (Lipinski definition) is 1. The van der Waals surface area contributed by atoms with Gasteiger partial charge in [0.1, 0.15) is 6.07 Å². The van der Waals surface area contributed by atoms with Gasteiger partial charge in [-0.1, -0.05) is 12.1 Å². The molecule has 4 nitrogen and oxygen atoms in total. The van der Waals surface area contributed by atoms with Crippen molar-refractivity contribution in [3.8, 4) is 6.07 Å². The standard InChI is InChI=1S/C13H14N2O2S/c1-9-5-4-6-10(7-9)15-12(18-3)11(8-14)13(16)17-2/h4-7,15H,1-3H3/b12-11-. The maximum absolute atomic E-state index is 11.4. The summed E-state index contributed by atoms with van der Waals surface area (Å²) in [6, 6.07) is 9.54. The van der Waals surface area contributed by atoms with Crippen LogP contribution in [0.3, 0.4) is 0 Å². The molecule has 18 heavy (non-hydrogen) atoms. The minimum atomic E-state index is -0.637. The second kappa shape index (κ2) is 6.72. The van der Waals surface area contributed by atoms with E-state index in [1.807, 2.05) is 37.3 Å². The Bertz CT molecular complexity index is 518. The fourth-order valence-corrected chi connectivity index (χ4v) is 1.91. The van der Waals surface area contributed by atoms with Gasteiger partial charge in [0, 0.05) is 5.69 Å². The lowest BCUT2D eigenvalue weighted by Crippen LogP contribution is -2.09. The Morgan fingerprint density at radius 2 is 2.22 bits per heavy atom. The molecule has 1 aromatic rings. The number of esters is 1. The molecular weight excluding hydrogens is 248 g/mol. The zero-order valence-corrected chi connectivity index (χ0v) is 11.3. The van der Waals surface area contributed by atoms with Crippen LogP contribution in [0, 0.1) is 18.3 Å². The van der Waals surface area contributed by atoms with Crippen LogP contribution in [0.15, 0.2) is 34.9 Å². The number of hydrogen-bond acceptors (Lipinski definition) is 5. The molecule has 0 unspecified atom stereocenters. The molecule has 0 aliphatic rings. The highest BCUT2D eigenvalue weighted by molar-refractivity contribution is 8.02. The predicted molar refractivity (Wildman–Crippen MR) is 73.0 cm³/mol. The molecule has 0 heterocycles. The van der Waals surface area contributed by atoms with E-state index in [1.165, 1.54) is 18.9 Å². The van der Waals surface area contributed by atoms with Gasteiger partial charge in [-0.2, -0.15) is 5.26 Å². The molecule has 5 heteroatoms. The summed E-state index contributed by atoms with van der Waals surface area (Å²) in [6.07, 6.45) is 1.79.